The summed E-state index contributed by atoms with van der Waals surface area (Å²) in [5, 5.41) is 4.42. The van der Waals surface area contributed by atoms with Crippen molar-refractivity contribution in [3.63, 3.8) is 0 Å². The van der Waals surface area contributed by atoms with Crippen LogP contribution in [0.1, 0.15) is 30.4 Å². The molecule has 2 unspecified atom stereocenters. The molecule has 1 saturated heterocycles. The molecule has 0 radical (unpaired) electrons. The molecular formula is C32H26O5. The molecule has 1 fully saturated rings. The Morgan fingerprint density at radius 1 is 0.865 bits per heavy atom. The quantitative estimate of drug-likeness (QED) is 0.300. The molecule has 2 atom stereocenters. The molecule has 0 aliphatic carbocycles. The third-order valence-corrected chi connectivity index (χ3v) is 7.37. The molecule has 3 aliphatic rings. The van der Waals surface area contributed by atoms with Crippen molar-refractivity contribution in [3.05, 3.63) is 95.6 Å². The Kier molecular flexibility index (Phi) is 5.26. The van der Waals surface area contributed by atoms with Crippen LogP contribution in [-0.4, -0.2) is 31.1 Å². The molecule has 184 valence electrons. The van der Waals surface area contributed by atoms with E-state index in [2.05, 4.69) is 24.3 Å². The highest BCUT2D eigenvalue weighted by Gasteiger charge is 2.44. The Hall–Kier alpha value is -4.09. The molecule has 4 aromatic rings. The van der Waals surface area contributed by atoms with Crippen molar-refractivity contribution in [2.24, 2.45) is 0 Å². The zero-order valence-corrected chi connectivity index (χ0v) is 20.3. The summed E-state index contributed by atoms with van der Waals surface area (Å²) in [6.45, 7) is 1.16. The maximum absolute atomic E-state index is 13.1. The van der Waals surface area contributed by atoms with Crippen molar-refractivity contribution < 1.29 is 23.7 Å². The average Bonchev–Trinajstić information content (AvgIpc) is 2.94. The van der Waals surface area contributed by atoms with Gasteiger partial charge in [0, 0.05) is 29.4 Å². The van der Waals surface area contributed by atoms with Gasteiger partial charge in [-0.1, -0.05) is 60.7 Å². The van der Waals surface area contributed by atoms with E-state index in [0.717, 1.165) is 45.5 Å². The maximum atomic E-state index is 13.1. The Labute approximate surface area is 214 Å². The smallest absolute Gasteiger partial charge is 0.310 e. The molecule has 5 heteroatoms. The minimum atomic E-state index is -1.24. The molecular weight excluding hydrogens is 464 g/mol. The lowest BCUT2D eigenvalue weighted by atomic mass is 9.90. The standard InChI is InChI=1S/C32H26O5/c33-31(35-24-8-5-17-34-20-24)19-23-18-28-26-10-4-2-7-22(26)12-14-30(28)37-32(23)16-15-27-25-9-3-1-6-21(25)11-13-29(27)36-32/h1-4,6-7,9-16,18,24H,5,8,17,19-20H2. The Balaban J connectivity index is 1.31. The van der Waals surface area contributed by atoms with Crippen molar-refractivity contribution in [1.82, 2.24) is 0 Å². The summed E-state index contributed by atoms with van der Waals surface area (Å²) in [4.78, 5) is 13.1. The number of rotatable bonds is 3. The number of esters is 1. The Morgan fingerprint density at radius 2 is 1.54 bits per heavy atom. The summed E-state index contributed by atoms with van der Waals surface area (Å²) in [6.07, 6.45) is 7.54. The molecule has 0 aromatic heterocycles. The molecule has 1 spiro atoms. The molecule has 0 saturated carbocycles. The van der Waals surface area contributed by atoms with Crippen molar-refractivity contribution in [2.45, 2.75) is 31.2 Å². The topological polar surface area (TPSA) is 54.0 Å². The lowest BCUT2D eigenvalue weighted by Gasteiger charge is -2.40. The molecule has 37 heavy (non-hydrogen) atoms. The van der Waals surface area contributed by atoms with Gasteiger partial charge in [-0.15, -0.1) is 0 Å². The average molecular weight is 491 g/mol. The van der Waals surface area contributed by atoms with Crippen LogP contribution >= 0.6 is 0 Å². The van der Waals surface area contributed by atoms with Crippen molar-refractivity contribution in [1.29, 1.82) is 0 Å². The van der Waals surface area contributed by atoms with Crippen LogP contribution < -0.4 is 9.47 Å². The highest BCUT2D eigenvalue weighted by Crippen LogP contribution is 2.46. The van der Waals surface area contributed by atoms with E-state index in [0.29, 0.717) is 30.3 Å². The zero-order valence-electron chi connectivity index (χ0n) is 20.3. The first-order chi connectivity index (χ1) is 18.2. The number of carbonyl (C=O) groups excluding carboxylic acids is 1. The summed E-state index contributed by atoms with van der Waals surface area (Å²) >= 11 is 0. The largest absolute Gasteiger partial charge is 0.460 e. The Bertz CT molecular complexity index is 1590. The van der Waals surface area contributed by atoms with E-state index in [1.54, 1.807) is 0 Å². The predicted molar refractivity (Wildman–Crippen MR) is 143 cm³/mol. The number of benzene rings is 4. The summed E-state index contributed by atoms with van der Waals surface area (Å²) < 4.78 is 24.6. The molecule has 5 nitrogen and oxygen atoms in total. The van der Waals surface area contributed by atoms with Gasteiger partial charge < -0.3 is 18.9 Å². The van der Waals surface area contributed by atoms with E-state index in [9.17, 15) is 4.79 Å². The van der Waals surface area contributed by atoms with Gasteiger partial charge in [0.2, 0.25) is 0 Å². The fourth-order valence-electron chi connectivity index (χ4n) is 5.53. The van der Waals surface area contributed by atoms with Gasteiger partial charge in [-0.25, -0.2) is 0 Å². The van der Waals surface area contributed by atoms with Crippen molar-refractivity contribution in [3.8, 4) is 11.5 Å². The van der Waals surface area contributed by atoms with E-state index in [4.69, 9.17) is 18.9 Å². The summed E-state index contributed by atoms with van der Waals surface area (Å²) in [5.41, 5.74) is 2.64. The van der Waals surface area contributed by atoms with Crippen LogP contribution in [0, 0.1) is 0 Å². The van der Waals surface area contributed by atoms with Gasteiger partial charge in [0.1, 0.15) is 17.6 Å². The highest BCUT2D eigenvalue weighted by atomic mass is 16.7. The molecule has 0 N–H and O–H groups in total. The molecule has 0 amide bonds. The highest BCUT2D eigenvalue weighted by molar-refractivity contribution is 5.96. The van der Waals surface area contributed by atoms with Crippen LogP contribution in [0.2, 0.25) is 0 Å². The van der Waals surface area contributed by atoms with Gasteiger partial charge in [-0.05, 0) is 58.7 Å². The first kappa shape index (κ1) is 22.1. The summed E-state index contributed by atoms with van der Waals surface area (Å²) in [6, 6.07) is 24.4. The van der Waals surface area contributed by atoms with Crippen LogP contribution in [0.5, 0.6) is 11.5 Å². The maximum Gasteiger partial charge on any atom is 0.310 e. The minimum Gasteiger partial charge on any atom is -0.460 e. The molecule has 0 bridgehead atoms. The first-order valence-corrected chi connectivity index (χ1v) is 12.8. The fraction of sp³-hybridized carbons (Fsp3) is 0.219. The van der Waals surface area contributed by atoms with Gasteiger partial charge in [-0.3, -0.25) is 4.79 Å². The predicted octanol–water partition coefficient (Wildman–Crippen LogP) is 6.68. The molecule has 3 heterocycles. The zero-order chi connectivity index (χ0) is 24.8. The number of ether oxygens (including phenoxy) is 4. The normalized spacial score (nSPS) is 22.1. The molecule has 4 aromatic carbocycles. The monoisotopic (exact) mass is 490 g/mol. The minimum absolute atomic E-state index is 0.0480. The Morgan fingerprint density at radius 3 is 2.24 bits per heavy atom. The number of hydrogen-bond donors (Lipinski definition) is 0. The third-order valence-electron chi connectivity index (χ3n) is 7.37. The van der Waals surface area contributed by atoms with Crippen molar-refractivity contribution >= 4 is 39.7 Å². The summed E-state index contributed by atoms with van der Waals surface area (Å²) in [7, 11) is 0. The van der Waals surface area contributed by atoms with Crippen LogP contribution in [0.3, 0.4) is 0 Å². The molecule has 3 aliphatic heterocycles. The van der Waals surface area contributed by atoms with Gasteiger partial charge >= 0.3 is 5.97 Å². The van der Waals surface area contributed by atoms with E-state index >= 15 is 0 Å². The van der Waals surface area contributed by atoms with E-state index < -0.39 is 5.79 Å². The van der Waals surface area contributed by atoms with Gasteiger partial charge in [-0.2, -0.15) is 0 Å². The van der Waals surface area contributed by atoms with Crippen molar-refractivity contribution in [2.75, 3.05) is 13.2 Å². The van der Waals surface area contributed by atoms with Gasteiger partial charge in [0.25, 0.3) is 5.79 Å². The number of carbonyl (C=O) groups is 1. The van der Waals surface area contributed by atoms with Gasteiger partial charge in [0.15, 0.2) is 0 Å². The molecule has 7 rings (SSSR count). The van der Waals surface area contributed by atoms with Crippen LogP contribution in [0.4, 0.5) is 0 Å². The fourth-order valence-corrected chi connectivity index (χ4v) is 5.53. The van der Waals surface area contributed by atoms with E-state index in [-0.39, 0.29) is 18.5 Å². The lowest BCUT2D eigenvalue weighted by Crippen LogP contribution is -2.46. The van der Waals surface area contributed by atoms with E-state index in [1.165, 1.54) is 0 Å². The number of hydrogen-bond acceptors (Lipinski definition) is 5. The lowest BCUT2D eigenvalue weighted by molar-refractivity contribution is -0.155. The first-order valence-electron chi connectivity index (χ1n) is 12.8. The second-order valence-corrected chi connectivity index (χ2v) is 9.78. The number of fused-ring (bicyclic) bond motifs is 6. The third kappa shape index (κ3) is 3.87. The van der Waals surface area contributed by atoms with Crippen LogP contribution in [0.15, 0.2) is 84.4 Å². The van der Waals surface area contributed by atoms with E-state index in [1.807, 2.05) is 66.8 Å². The summed E-state index contributed by atoms with van der Waals surface area (Å²) in [5.74, 6) is -0.127. The van der Waals surface area contributed by atoms with Crippen LogP contribution in [-0.2, 0) is 14.3 Å². The van der Waals surface area contributed by atoms with Crippen LogP contribution in [0.25, 0.3) is 33.7 Å². The second kappa shape index (κ2) is 8.79. The second-order valence-electron chi connectivity index (χ2n) is 9.78. The van der Waals surface area contributed by atoms with Gasteiger partial charge in [0.05, 0.1) is 13.0 Å². The SMILES string of the molecule is O=C(CC1=Cc2c(ccc3ccccc23)OC12C=Cc1c(ccc3ccccc13)O2)OC1CCCOC1.